The Labute approximate surface area is 167 Å². The highest BCUT2D eigenvalue weighted by molar-refractivity contribution is 7.91. The van der Waals surface area contributed by atoms with Crippen LogP contribution in [0.1, 0.15) is 5.56 Å². The second kappa shape index (κ2) is 7.33. The molecule has 0 saturated heterocycles. The lowest BCUT2D eigenvalue weighted by Crippen LogP contribution is -2.10. The number of nitrogens with zero attached hydrogens (tertiary/aromatic N) is 5. The molecule has 4 rings (SSSR count). The minimum absolute atomic E-state index is 0.00484. The first kappa shape index (κ1) is 18.6. The van der Waals surface area contributed by atoms with Crippen molar-refractivity contribution in [1.29, 1.82) is 5.26 Å². The minimum Gasteiger partial charge on any atom is -0.497 e. The van der Waals surface area contributed by atoms with Gasteiger partial charge in [0.15, 0.2) is 0 Å². The van der Waals surface area contributed by atoms with Crippen LogP contribution in [0.2, 0.25) is 0 Å². The largest absolute Gasteiger partial charge is 0.497 e. The van der Waals surface area contributed by atoms with Crippen LogP contribution in [0.5, 0.6) is 5.75 Å². The number of rotatable bonds is 5. The topological polar surface area (TPSA) is 111 Å². The van der Waals surface area contributed by atoms with Crippen molar-refractivity contribution in [1.82, 2.24) is 19.7 Å². The van der Waals surface area contributed by atoms with Crippen LogP contribution in [0.25, 0.3) is 16.6 Å². The van der Waals surface area contributed by atoms with Crippen molar-refractivity contribution in [3.63, 3.8) is 0 Å². The van der Waals surface area contributed by atoms with E-state index in [1.807, 2.05) is 0 Å². The number of ether oxygens (including phenoxy) is 1. The van der Waals surface area contributed by atoms with Crippen molar-refractivity contribution in [2.75, 3.05) is 7.11 Å². The van der Waals surface area contributed by atoms with E-state index < -0.39 is 9.84 Å². The second-order valence-corrected chi connectivity index (χ2v) is 8.09. The molecule has 0 aliphatic carbocycles. The van der Waals surface area contributed by atoms with E-state index in [9.17, 15) is 8.42 Å². The van der Waals surface area contributed by atoms with Gasteiger partial charge in [0.1, 0.15) is 23.3 Å². The molecule has 0 unspecified atom stereocenters. The Morgan fingerprint density at radius 3 is 2.62 bits per heavy atom. The SMILES string of the molecule is COc1ccc(S(=O)(=O)c2cnc3ccc(CC#N)cc3c2-n2cncn2)cc1. The highest BCUT2D eigenvalue weighted by Gasteiger charge is 2.25. The Balaban J connectivity index is 2.00. The van der Waals surface area contributed by atoms with Gasteiger partial charge in [-0.15, -0.1) is 0 Å². The predicted molar refractivity (Wildman–Crippen MR) is 104 cm³/mol. The third kappa shape index (κ3) is 3.30. The molecule has 144 valence electrons. The standard InChI is InChI=1S/C20H15N5O3S/c1-28-15-3-5-16(6-4-15)29(26,27)19-11-23-18-7-2-14(8-9-21)10-17(18)20(19)25-13-22-12-24-25/h2-7,10-13H,8H2,1H3. The molecular formula is C20H15N5O3S. The molecule has 9 heteroatoms. The fourth-order valence-corrected chi connectivity index (χ4v) is 4.45. The number of hydrogen-bond donors (Lipinski definition) is 0. The molecule has 2 aromatic carbocycles. The molecule has 0 amide bonds. The van der Waals surface area contributed by atoms with Crippen LogP contribution in [-0.2, 0) is 16.3 Å². The summed E-state index contributed by atoms with van der Waals surface area (Å²) in [5, 5.41) is 13.7. The molecule has 0 aliphatic rings. The van der Waals surface area contributed by atoms with Gasteiger partial charge in [-0.1, -0.05) is 6.07 Å². The molecule has 0 N–H and O–H groups in total. The van der Waals surface area contributed by atoms with E-state index in [0.29, 0.717) is 22.3 Å². The molecule has 2 heterocycles. The maximum absolute atomic E-state index is 13.4. The number of fused-ring (bicyclic) bond motifs is 1. The van der Waals surface area contributed by atoms with Crippen molar-refractivity contribution < 1.29 is 13.2 Å². The van der Waals surface area contributed by atoms with E-state index in [4.69, 9.17) is 10.00 Å². The molecule has 8 nitrogen and oxygen atoms in total. The van der Waals surface area contributed by atoms with E-state index in [1.165, 1.54) is 42.8 Å². The Morgan fingerprint density at radius 1 is 1.17 bits per heavy atom. The van der Waals surface area contributed by atoms with E-state index in [0.717, 1.165) is 5.56 Å². The zero-order valence-corrected chi connectivity index (χ0v) is 16.2. The van der Waals surface area contributed by atoms with Crippen molar-refractivity contribution >= 4 is 20.7 Å². The summed E-state index contributed by atoms with van der Waals surface area (Å²) in [6.07, 6.45) is 4.28. The Morgan fingerprint density at radius 2 is 1.97 bits per heavy atom. The molecule has 0 saturated carbocycles. The van der Waals surface area contributed by atoms with Crippen LogP contribution in [0, 0.1) is 11.3 Å². The number of methoxy groups -OCH3 is 1. The predicted octanol–water partition coefficient (Wildman–Crippen LogP) is 2.72. The number of hydrogen-bond acceptors (Lipinski definition) is 7. The highest BCUT2D eigenvalue weighted by atomic mass is 32.2. The molecule has 4 aromatic rings. The third-order valence-corrected chi connectivity index (χ3v) is 6.23. The smallest absolute Gasteiger partial charge is 0.210 e. The van der Waals surface area contributed by atoms with Crippen molar-refractivity contribution in [3.05, 3.63) is 66.9 Å². The molecule has 2 aromatic heterocycles. The zero-order valence-electron chi connectivity index (χ0n) is 15.3. The van der Waals surface area contributed by atoms with Gasteiger partial charge in [0.25, 0.3) is 0 Å². The summed E-state index contributed by atoms with van der Waals surface area (Å²) in [5.74, 6) is 0.554. The second-order valence-electron chi connectivity index (χ2n) is 6.18. The van der Waals surface area contributed by atoms with Crippen LogP contribution in [0.4, 0.5) is 0 Å². The van der Waals surface area contributed by atoms with E-state index in [1.54, 1.807) is 30.3 Å². The average molecular weight is 405 g/mol. The molecule has 0 bridgehead atoms. The van der Waals surface area contributed by atoms with Crippen molar-refractivity contribution in [3.8, 4) is 17.5 Å². The van der Waals surface area contributed by atoms with Crippen LogP contribution in [0.15, 0.2) is 71.1 Å². The van der Waals surface area contributed by atoms with Gasteiger partial charge in [0.05, 0.1) is 35.7 Å². The lowest BCUT2D eigenvalue weighted by atomic mass is 10.1. The zero-order chi connectivity index (χ0) is 20.4. The Kier molecular flexibility index (Phi) is 4.70. The van der Waals surface area contributed by atoms with E-state index >= 15 is 0 Å². The maximum atomic E-state index is 13.4. The fourth-order valence-electron chi connectivity index (χ4n) is 3.05. The van der Waals surface area contributed by atoms with E-state index in [2.05, 4.69) is 21.1 Å². The van der Waals surface area contributed by atoms with Crippen LogP contribution in [0.3, 0.4) is 0 Å². The van der Waals surface area contributed by atoms with Gasteiger partial charge in [-0.2, -0.15) is 10.4 Å². The third-order valence-electron chi connectivity index (χ3n) is 4.46. The van der Waals surface area contributed by atoms with Crippen molar-refractivity contribution in [2.24, 2.45) is 0 Å². The number of benzene rings is 2. The van der Waals surface area contributed by atoms with Gasteiger partial charge < -0.3 is 4.74 Å². The number of pyridine rings is 1. The monoisotopic (exact) mass is 405 g/mol. The van der Waals surface area contributed by atoms with Crippen molar-refractivity contribution in [2.45, 2.75) is 16.2 Å². The first-order valence-corrected chi connectivity index (χ1v) is 10.1. The lowest BCUT2D eigenvalue weighted by Gasteiger charge is -2.14. The lowest BCUT2D eigenvalue weighted by molar-refractivity contribution is 0.414. The van der Waals surface area contributed by atoms with Gasteiger partial charge >= 0.3 is 0 Å². The molecule has 0 radical (unpaired) electrons. The molecule has 0 aliphatic heterocycles. The highest BCUT2D eigenvalue weighted by Crippen LogP contribution is 2.32. The first-order valence-electron chi connectivity index (χ1n) is 8.57. The summed E-state index contributed by atoms with van der Waals surface area (Å²) in [5.41, 5.74) is 1.68. The molecular weight excluding hydrogens is 390 g/mol. The molecule has 0 fully saturated rings. The van der Waals surface area contributed by atoms with Crippen LogP contribution in [-0.4, -0.2) is 35.3 Å². The minimum atomic E-state index is -3.91. The molecule has 0 atom stereocenters. The van der Waals surface area contributed by atoms with Crippen LogP contribution < -0.4 is 4.74 Å². The van der Waals surface area contributed by atoms with Crippen LogP contribution >= 0.6 is 0 Å². The van der Waals surface area contributed by atoms with E-state index in [-0.39, 0.29) is 16.2 Å². The average Bonchev–Trinajstić information content (AvgIpc) is 3.27. The van der Waals surface area contributed by atoms with Gasteiger partial charge in [-0.3, -0.25) is 4.98 Å². The maximum Gasteiger partial charge on any atom is 0.210 e. The summed E-state index contributed by atoms with van der Waals surface area (Å²) in [4.78, 5) is 8.38. The number of sulfone groups is 1. The quantitative estimate of drug-likeness (QED) is 0.502. The Bertz CT molecular complexity index is 1330. The van der Waals surface area contributed by atoms with Gasteiger partial charge in [-0.05, 0) is 42.0 Å². The summed E-state index contributed by atoms with van der Waals surface area (Å²) in [6.45, 7) is 0. The number of nitriles is 1. The molecule has 0 spiro atoms. The normalized spacial score (nSPS) is 11.3. The molecule has 29 heavy (non-hydrogen) atoms. The van der Waals surface area contributed by atoms with Gasteiger partial charge in [-0.25, -0.2) is 18.1 Å². The summed E-state index contributed by atoms with van der Waals surface area (Å²) >= 11 is 0. The Hall–Kier alpha value is -3.77. The number of aromatic nitrogens is 4. The summed E-state index contributed by atoms with van der Waals surface area (Å²) in [6, 6.07) is 13.5. The van der Waals surface area contributed by atoms with Gasteiger partial charge in [0.2, 0.25) is 9.84 Å². The fraction of sp³-hybridized carbons (Fsp3) is 0.100. The van der Waals surface area contributed by atoms with Gasteiger partial charge in [0, 0.05) is 11.6 Å². The summed E-state index contributed by atoms with van der Waals surface area (Å²) in [7, 11) is -2.40. The summed E-state index contributed by atoms with van der Waals surface area (Å²) < 4.78 is 33.3. The first-order chi connectivity index (χ1) is 14.0.